The zero-order valence-electron chi connectivity index (χ0n) is 8.13. The van der Waals surface area contributed by atoms with Gasteiger partial charge in [-0.3, -0.25) is 0 Å². The van der Waals surface area contributed by atoms with E-state index >= 15 is 0 Å². The highest BCUT2D eigenvalue weighted by Crippen LogP contribution is 2.56. The Kier molecular flexibility index (Phi) is 2.75. The van der Waals surface area contributed by atoms with Gasteiger partial charge >= 0.3 is 0 Å². The van der Waals surface area contributed by atoms with Gasteiger partial charge < -0.3 is 4.74 Å². The first-order valence-corrected chi connectivity index (χ1v) is 6.24. The fraction of sp³-hybridized carbons (Fsp3) is 0.455. The van der Waals surface area contributed by atoms with Gasteiger partial charge in [0.1, 0.15) is 0 Å². The number of rotatable bonds is 1. The van der Waals surface area contributed by atoms with E-state index in [-0.39, 0.29) is 10.4 Å². The van der Waals surface area contributed by atoms with Crippen molar-refractivity contribution in [3.05, 3.63) is 35.4 Å². The molecule has 0 aliphatic heterocycles. The molecule has 0 radical (unpaired) electrons. The number of hydrogen-bond acceptors (Lipinski definition) is 1. The Balaban J connectivity index is 2.55. The molecular formula is C11H12Br2O. The minimum Gasteiger partial charge on any atom is -0.375 e. The van der Waals surface area contributed by atoms with Gasteiger partial charge in [0.05, 0.1) is 15.3 Å². The summed E-state index contributed by atoms with van der Waals surface area (Å²) >= 11 is 7.46. The van der Waals surface area contributed by atoms with Crippen LogP contribution in [0.3, 0.4) is 0 Å². The normalized spacial score (nSPS) is 35.7. The molecule has 0 heterocycles. The summed E-state index contributed by atoms with van der Waals surface area (Å²) in [5, 5.41) is 0. The Morgan fingerprint density at radius 3 is 2.43 bits per heavy atom. The zero-order valence-corrected chi connectivity index (χ0v) is 11.3. The molecule has 0 amide bonds. The van der Waals surface area contributed by atoms with E-state index in [1.54, 1.807) is 7.11 Å². The van der Waals surface area contributed by atoms with Crippen molar-refractivity contribution in [2.75, 3.05) is 7.11 Å². The minimum absolute atomic E-state index is 0.0641. The van der Waals surface area contributed by atoms with Crippen LogP contribution in [0.1, 0.15) is 29.0 Å². The van der Waals surface area contributed by atoms with Crippen LogP contribution < -0.4 is 0 Å². The maximum Gasteiger partial charge on any atom is 0.0988 e. The summed E-state index contributed by atoms with van der Waals surface area (Å²) in [7, 11) is 1.76. The largest absolute Gasteiger partial charge is 0.375 e. The van der Waals surface area contributed by atoms with Crippen molar-refractivity contribution >= 4 is 31.9 Å². The van der Waals surface area contributed by atoms with E-state index in [1.165, 1.54) is 11.1 Å². The third-order valence-corrected chi connectivity index (χ3v) is 5.73. The monoisotopic (exact) mass is 318 g/mol. The highest BCUT2D eigenvalue weighted by molar-refractivity contribution is 9.12. The number of benzene rings is 1. The van der Waals surface area contributed by atoms with E-state index < -0.39 is 0 Å². The van der Waals surface area contributed by atoms with E-state index in [2.05, 4.69) is 63.0 Å². The molecule has 0 bridgehead atoms. The summed E-state index contributed by atoms with van der Waals surface area (Å²) in [4.78, 5) is 0.302. The molecule has 3 atom stereocenters. The molecule has 0 N–H and O–H groups in total. The molecule has 0 aromatic heterocycles. The lowest BCUT2D eigenvalue weighted by Gasteiger charge is -2.27. The molecule has 76 valence electrons. The second-order valence-corrected chi connectivity index (χ2v) is 6.38. The molecule has 0 saturated heterocycles. The van der Waals surface area contributed by atoms with Gasteiger partial charge in [-0.15, -0.1) is 0 Å². The first-order valence-electron chi connectivity index (χ1n) is 4.53. The van der Waals surface area contributed by atoms with Crippen molar-refractivity contribution in [1.82, 2.24) is 0 Å². The van der Waals surface area contributed by atoms with Crippen LogP contribution in [0, 0.1) is 0 Å². The van der Waals surface area contributed by atoms with Gasteiger partial charge in [0.2, 0.25) is 0 Å². The first kappa shape index (κ1) is 10.7. The molecule has 1 aliphatic carbocycles. The molecule has 1 aliphatic rings. The maximum atomic E-state index is 5.55. The SMILES string of the molecule is CO[C@H]1c2ccccc2[C@H](Br)[C@@]1(C)Br. The van der Waals surface area contributed by atoms with E-state index in [0.29, 0.717) is 4.83 Å². The van der Waals surface area contributed by atoms with Crippen molar-refractivity contribution in [3.8, 4) is 0 Å². The summed E-state index contributed by atoms with van der Waals surface area (Å²) in [5.41, 5.74) is 2.59. The number of methoxy groups -OCH3 is 1. The first-order chi connectivity index (χ1) is 6.59. The van der Waals surface area contributed by atoms with Crippen molar-refractivity contribution in [2.24, 2.45) is 0 Å². The van der Waals surface area contributed by atoms with Gasteiger partial charge in [-0.1, -0.05) is 56.1 Å². The summed E-state index contributed by atoms with van der Waals surface area (Å²) in [6, 6.07) is 8.39. The van der Waals surface area contributed by atoms with Crippen LogP contribution in [0.25, 0.3) is 0 Å². The summed E-state index contributed by atoms with van der Waals surface area (Å²) in [5.74, 6) is 0. The number of halogens is 2. The Hall–Kier alpha value is 0.140. The zero-order chi connectivity index (χ0) is 10.3. The van der Waals surface area contributed by atoms with Gasteiger partial charge in [0.15, 0.2) is 0 Å². The van der Waals surface area contributed by atoms with Gasteiger partial charge in [-0.2, -0.15) is 0 Å². The molecule has 2 rings (SSSR count). The Labute approximate surface area is 101 Å². The number of hydrogen-bond donors (Lipinski definition) is 0. The Morgan fingerprint density at radius 1 is 1.29 bits per heavy atom. The van der Waals surface area contributed by atoms with E-state index in [1.807, 2.05) is 0 Å². The van der Waals surface area contributed by atoms with Crippen molar-refractivity contribution < 1.29 is 4.74 Å². The van der Waals surface area contributed by atoms with Crippen LogP contribution >= 0.6 is 31.9 Å². The molecule has 14 heavy (non-hydrogen) atoms. The molecular weight excluding hydrogens is 308 g/mol. The van der Waals surface area contributed by atoms with Gasteiger partial charge in [-0.05, 0) is 18.1 Å². The van der Waals surface area contributed by atoms with E-state index in [0.717, 1.165) is 0 Å². The second-order valence-electron chi connectivity index (χ2n) is 3.76. The average molecular weight is 320 g/mol. The Bertz CT molecular complexity index is 349. The van der Waals surface area contributed by atoms with Gasteiger partial charge in [0.25, 0.3) is 0 Å². The molecule has 0 spiro atoms. The highest BCUT2D eigenvalue weighted by atomic mass is 79.9. The smallest absolute Gasteiger partial charge is 0.0988 e. The van der Waals surface area contributed by atoms with Crippen molar-refractivity contribution in [2.45, 2.75) is 22.2 Å². The summed E-state index contributed by atoms with van der Waals surface area (Å²) in [6.07, 6.45) is 0.114. The maximum absolute atomic E-state index is 5.55. The quantitative estimate of drug-likeness (QED) is 0.711. The van der Waals surface area contributed by atoms with Gasteiger partial charge in [-0.25, -0.2) is 0 Å². The lowest BCUT2D eigenvalue weighted by atomic mass is 10.1. The second kappa shape index (κ2) is 3.62. The third-order valence-electron chi connectivity index (χ3n) is 2.80. The summed E-state index contributed by atoms with van der Waals surface area (Å²) < 4.78 is 5.48. The molecule has 3 heteroatoms. The summed E-state index contributed by atoms with van der Waals surface area (Å²) in [6.45, 7) is 2.15. The standard InChI is InChI=1S/C11H12Br2O/c1-11(13)9(12)7-5-3-4-6-8(7)10(11)14-2/h3-6,9-10H,1-2H3/t9-,10-,11+/m0/s1. The minimum atomic E-state index is -0.0641. The van der Waals surface area contributed by atoms with Crippen LogP contribution in [-0.4, -0.2) is 11.4 Å². The van der Waals surface area contributed by atoms with Crippen LogP contribution in [0.2, 0.25) is 0 Å². The molecule has 1 nitrogen and oxygen atoms in total. The molecule has 1 aromatic rings. The third kappa shape index (κ3) is 1.37. The fourth-order valence-electron chi connectivity index (χ4n) is 2.08. The van der Waals surface area contributed by atoms with Crippen LogP contribution in [-0.2, 0) is 4.74 Å². The lowest BCUT2D eigenvalue weighted by molar-refractivity contribution is 0.0851. The van der Waals surface area contributed by atoms with Crippen LogP contribution in [0.5, 0.6) is 0 Å². The van der Waals surface area contributed by atoms with E-state index in [4.69, 9.17) is 4.74 Å². The Morgan fingerprint density at radius 2 is 1.86 bits per heavy atom. The average Bonchev–Trinajstić information content (AvgIpc) is 2.36. The molecule has 1 aromatic carbocycles. The lowest BCUT2D eigenvalue weighted by Crippen LogP contribution is -2.24. The number of ether oxygens (including phenoxy) is 1. The molecule has 0 unspecified atom stereocenters. The number of fused-ring (bicyclic) bond motifs is 1. The van der Waals surface area contributed by atoms with Crippen LogP contribution in [0.15, 0.2) is 24.3 Å². The predicted molar refractivity (Wildman–Crippen MR) is 65.2 cm³/mol. The van der Waals surface area contributed by atoms with Crippen LogP contribution in [0.4, 0.5) is 0 Å². The number of alkyl halides is 2. The highest BCUT2D eigenvalue weighted by Gasteiger charge is 2.47. The topological polar surface area (TPSA) is 9.23 Å². The van der Waals surface area contributed by atoms with Gasteiger partial charge in [0, 0.05) is 7.11 Å². The molecule has 0 fully saturated rings. The molecule has 0 saturated carbocycles. The van der Waals surface area contributed by atoms with Crippen molar-refractivity contribution in [3.63, 3.8) is 0 Å². The van der Waals surface area contributed by atoms with Crippen molar-refractivity contribution in [1.29, 1.82) is 0 Å². The fourth-order valence-corrected chi connectivity index (χ4v) is 3.42. The predicted octanol–water partition coefficient (Wildman–Crippen LogP) is 3.98. The van der Waals surface area contributed by atoms with E-state index in [9.17, 15) is 0 Å².